The van der Waals surface area contributed by atoms with E-state index in [-0.39, 0.29) is 11.8 Å². The highest BCUT2D eigenvalue weighted by atomic mass is 16.2. The Bertz CT molecular complexity index is 992. The number of pyridine rings is 1. The average Bonchev–Trinajstić information content (AvgIpc) is 3.33. The first-order valence-corrected chi connectivity index (χ1v) is 9.35. The molecule has 1 unspecified atom stereocenters. The molecule has 1 saturated heterocycles. The minimum atomic E-state index is 0.0261. The Morgan fingerprint density at radius 3 is 3.04 bits per heavy atom. The van der Waals surface area contributed by atoms with Crippen molar-refractivity contribution in [1.29, 1.82) is 0 Å². The van der Waals surface area contributed by atoms with Crippen molar-refractivity contribution in [3.8, 4) is 0 Å². The monoisotopic (exact) mass is 350 g/mol. The number of rotatable bonds is 3. The Morgan fingerprint density at radius 2 is 2.19 bits per heavy atom. The third-order valence-corrected chi connectivity index (χ3v) is 5.36. The fourth-order valence-corrected chi connectivity index (χ4v) is 3.88. The Balaban J connectivity index is 1.54. The highest BCUT2D eigenvalue weighted by molar-refractivity contribution is 6.09. The summed E-state index contributed by atoms with van der Waals surface area (Å²) >= 11 is 0. The normalized spacial score (nSPS) is 20.7. The number of H-pyrrole nitrogens is 1. The topological polar surface area (TPSA) is 86.8 Å². The van der Waals surface area contributed by atoms with Crippen LogP contribution in [0.4, 0.5) is 5.82 Å². The molecule has 7 heteroatoms. The highest BCUT2D eigenvalue weighted by Gasteiger charge is 2.31. The summed E-state index contributed by atoms with van der Waals surface area (Å²) in [5.41, 5.74) is 1.69. The van der Waals surface area contributed by atoms with Gasteiger partial charge < -0.3 is 15.2 Å². The van der Waals surface area contributed by atoms with Crippen LogP contribution in [0.3, 0.4) is 0 Å². The second kappa shape index (κ2) is 5.93. The summed E-state index contributed by atoms with van der Waals surface area (Å²) in [6, 6.07) is 2.43. The Labute approximate surface area is 151 Å². The molecule has 1 aliphatic heterocycles. The molecule has 2 N–H and O–H groups in total. The lowest BCUT2D eigenvalue weighted by molar-refractivity contribution is -0.125. The summed E-state index contributed by atoms with van der Waals surface area (Å²) in [5.74, 6) is 1.87. The molecule has 1 atom stereocenters. The molecular weight excluding hydrogens is 328 g/mol. The van der Waals surface area contributed by atoms with Gasteiger partial charge >= 0.3 is 0 Å². The second-order valence-corrected chi connectivity index (χ2v) is 7.42. The zero-order valence-electron chi connectivity index (χ0n) is 14.8. The number of amides is 1. The van der Waals surface area contributed by atoms with Gasteiger partial charge in [-0.3, -0.25) is 4.79 Å². The van der Waals surface area contributed by atoms with Crippen molar-refractivity contribution in [2.24, 2.45) is 5.92 Å². The first kappa shape index (κ1) is 15.5. The van der Waals surface area contributed by atoms with E-state index in [4.69, 9.17) is 4.98 Å². The van der Waals surface area contributed by atoms with Crippen molar-refractivity contribution in [3.05, 3.63) is 24.3 Å². The molecule has 1 amide bonds. The third-order valence-electron chi connectivity index (χ3n) is 5.36. The molecule has 0 radical (unpaired) electrons. The molecule has 7 nitrogen and oxygen atoms in total. The van der Waals surface area contributed by atoms with Gasteiger partial charge in [0.1, 0.15) is 17.3 Å². The van der Waals surface area contributed by atoms with Crippen molar-refractivity contribution >= 4 is 33.7 Å². The number of aryl methyl sites for hydroxylation is 1. The third kappa shape index (κ3) is 2.67. The van der Waals surface area contributed by atoms with Gasteiger partial charge in [-0.25, -0.2) is 15.0 Å². The van der Waals surface area contributed by atoms with Crippen molar-refractivity contribution in [3.63, 3.8) is 0 Å². The van der Waals surface area contributed by atoms with Crippen molar-refractivity contribution in [2.75, 3.05) is 18.0 Å². The van der Waals surface area contributed by atoms with Gasteiger partial charge in [0, 0.05) is 30.7 Å². The SMILES string of the molecule is Cc1nc(N2CCCC(C(=O)NC3CC3)C2)c2c(cnc3[nH]ccc32)n1. The molecule has 1 aliphatic carbocycles. The number of fused-ring (bicyclic) bond motifs is 3. The van der Waals surface area contributed by atoms with Gasteiger partial charge in [-0.05, 0) is 38.7 Å². The lowest BCUT2D eigenvalue weighted by Crippen LogP contribution is -2.44. The summed E-state index contributed by atoms with van der Waals surface area (Å²) < 4.78 is 0. The number of aromatic amines is 1. The number of piperidine rings is 1. The van der Waals surface area contributed by atoms with E-state index in [0.717, 1.165) is 65.8 Å². The Hall–Kier alpha value is -2.70. The van der Waals surface area contributed by atoms with Crippen LogP contribution < -0.4 is 10.2 Å². The fourth-order valence-electron chi connectivity index (χ4n) is 3.88. The first-order valence-electron chi connectivity index (χ1n) is 9.35. The van der Waals surface area contributed by atoms with Gasteiger partial charge in [-0.15, -0.1) is 0 Å². The molecule has 0 aromatic carbocycles. The molecular formula is C19H22N6O. The van der Waals surface area contributed by atoms with Crippen LogP contribution in [-0.4, -0.2) is 45.0 Å². The number of anilines is 1. The van der Waals surface area contributed by atoms with Gasteiger partial charge in [0.2, 0.25) is 5.91 Å². The van der Waals surface area contributed by atoms with Crippen LogP contribution >= 0.6 is 0 Å². The molecule has 4 heterocycles. The summed E-state index contributed by atoms with van der Waals surface area (Å²) in [4.78, 5) is 31.7. The van der Waals surface area contributed by atoms with Crippen molar-refractivity contribution in [1.82, 2.24) is 25.3 Å². The molecule has 2 fully saturated rings. The smallest absolute Gasteiger partial charge is 0.225 e. The number of aromatic nitrogens is 4. The molecule has 0 bridgehead atoms. The minimum absolute atomic E-state index is 0.0261. The maximum Gasteiger partial charge on any atom is 0.225 e. The van der Waals surface area contributed by atoms with E-state index in [0.29, 0.717) is 12.6 Å². The first-order chi connectivity index (χ1) is 12.7. The maximum absolute atomic E-state index is 12.5. The Kier molecular flexibility index (Phi) is 3.55. The van der Waals surface area contributed by atoms with E-state index in [1.165, 1.54) is 0 Å². The van der Waals surface area contributed by atoms with Crippen LogP contribution in [0.2, 0.25) is 0 Å². The van der Waals surface area contributed by atoms with E-state index >= 15 is 0 Å². The lowest BCUT2D eigenvalue weighted by atomic mass is 9.96. The fraction of sp³-hybridized carbons (Fsp3) is 0.474. The van der Waals surface area contributed by atoms with Gasteiger partial charge in [0.05, 0.1) is 23.0 Å². The minimum Gasteiger partial charge on any atom is -0.355 e. The standard InChI is InChI=1S/C19H22N6O/c1-11-22-15-9-21-17-14(6-7-20-17)16(15)18(23-11)25-8-2-3-12(10-25)19(26)24-13-4-5-13/h6-7,9,12-13H,2-5,8,10H2,1H3,(H,20,21)(H,24,26). The molecule has 2 aliphatic rings. The summed E-state index contributed by atoms with van der Waals surface area (Å²) in [5, 5.41) is 5.20. The van der Waals surface area contributed by atoms with E-state index in [1.54, 1.807) is 6.20 Å². The molecule has 134 valence electrons. The predicted molar refractivity (Wildman–Crippen MR) is 100 cm³/mol. The van der Waals surface area contributed by atoms with E-state index in [9.17, 15) is 4.79 Å². The number of nitrogens with zero attached hydrogens (tertiary/aromatic N) is 4. The number of nitrogens with one attached hydrogen (secondary N) is 2. The van der Waals surface area contributed by atoms with E-state index in [1.807, 2.05) is 19.2 Å². The highest BCUT2D eigenvalue weighted by Crippen LogP contribution is 2.32. The predicted octanol–water partition coefficient (Wildman–Crippen LogP) is 2.31. The van der Waals surface area contributed by atoms with Gasteiger partial charge in [-0.2, -0.15) is 0 Å². The van der Waals surface area contributed by atoms with Crippen LogP contribution in [0.1, 0.15) is 31.5 Å². The maximum atomic E-state index is 12.5. The zero-order chi connectivity index (χ0) is 17.7. The summed E-state index contributed by atoms with van der Waals surface area (Å²) in [6.45, 7) is 3.52. The molecule has 0 spiro atoms. The molecule has 3 aromatic rings. The van der Waals surface area contributed by atoms with Crippen LogP contribution in [0.25, 0.3) is 21.9 Å². The zero-order valence-corrected chi connectivity index (χ0v) is 14.8. The van der Waals surface area contributed by atoms with Crippen molar-refractivity contribution < 1.29 is 4.79 Å². The van der Waals surface area contributed by atoms with E-state index in [2.05, 4.69) is 25.2 Å². The summed E-state index contributed by atoms with van der Waals surface area (Å²) in [6.07, 6.45) is 7.87. The summed E-state index contributed by atoms with van der Waals surface area (Å²) in [7, 11) is 0. The number of hydrogen-bond acceptors (Lipinski definition) is 5. The molecule has 1 saturated carbocycles. The van der Waals surface area contributed by atoms with E-state index < -0.39 is 0 Å². The van der Waals surface area contributed by atoms with Crippen molar-refractivity contribution in [2.45, 2.75) is 38.6 Å². The quantitative estimate of drug-likeness (QED) is 0.757. The van der Waals surface area contributed by atoms with Crippen LogP contribution in [-0.2, 0) is 4.79 Å². The van der Waals surface area contributed by atoms with Crippen LogP contribution in [0.5, 0.6) is 0 Å². The van der Waals surface area contributed by atoms with Gasteiger partial charge in [0.25, 0.3) is 0 Å². The number of hydrogen-bond donors (Lipinski definition) is 2. The molecule has 3 aromatic heterocycles. The number of carbonyl (C=O) groups is 1. The molecule has 5 rings (SSSR count). The second-order valence-electron chi connectivity index (χ2n) is 7.42. The average molecular weight is 350 g/mol. The largest absolute Gasteiger partial charge is 0.355 e. The van der Waals surface area contributed by atoms with Crippen LogP contribution in [0.15, 0.2) is 18.5 Å². The number of carbonyl (C=O) groups excluding carboxylic acids is 1. The van der Waals surface area contributed by atoms with Crippen LogP contribution in [0, 0.1) is 12.8 Å². The molecule has 26 heavy (non-hydrogen) atoms. The van der Waals surface area contributed by atoms with Gasteiger partial charge in [-0.1, -0.05) is 0 Å². The lowest BCUT2D eigenvalue weighted by Gasteiger charge is -2.33. The Morgan fingerprint density at radius 1 is 1.31 bits per heavy atom. The van der Waals surface area contributed by atoms with Gasteiger partial charge in [0.15, 0.2) is 0 Å².